The molecule has 2 amide bonds. The Balaban J connectivity index is 1.17. The lowest BCUT2D eigenvalue weighted by Gasteiger charge is -2.40. The number of nitrogens with one attached hydrogen (secondary N) is 1. The number of nitrogens with zero attached hydrogens (tertiary/aromatic N) is 5. The molecule has 1 fully saturated rings. The van der Waals surface area contributed by atoms with Crippen molar-refractivity contribution in [3.05, 3.63) is 119 Å². The van der Waals surface area contributed by atoms with Gasteiger partial charge in [0.1, 0.15) is 11.4 Å². The van der Waals surface area contributed by atoms with Crippen molar-refractivity contribution in [2.24, 2.45) is 0 Å². The van der Waals surface area contributed by atoms with E-state index >= 15 is 9.59 Å². The van der Waals surface area contributed by atoms with Crippen molar-refractivity contribution in [1.82, 2.24) is 24.3 Å². The fraction of sp³-hybridized carbons (Fsp3) is 0.311. The van der Waals surface area contributed by atoms with Crippen LogP contribution >= 0.6 is 0 Å². The number of amides is 2. The van der Waals surface area contributed by atoms with E-state index in [-0.39, 0.29) is 30.4 Å². The molecule has 0 aliphatic carbocycles. The van der Waals surface area contributed by atoms with Gasteiger partial charge >= 0.3 is 0 Å². The third-order valence-electron chi connectivity index (χ3n) is 11.7. The van der Waals surface area contributed by atoms with Crippen LogP contribution in [0, 0.1) is 13.8 Å². The summed E-state index contributed by atoms with van der Waals surface area (Å²) in [6, 6.07) is 22.3. The molecule has 13 heteroatoms. The Hall–Kier alpha value is -6.15. The van der Waals surface area contributed by atoms with Crippen LogP contribution in [-0.4, -0.2) is 101 Å². The molecule has 0 spiro atoms. The molecule has 3 aromatic carbocycles. The first-order chi connectivity index (χ1) is 28.3. The number of morpholine rings is 1. The largest absolute Gasteiger partial charge is 0.508 e. The fourth-order valence-electron chi connectivity index (χ4n) is 8.55. The van der Waals surface area contributed by atoms with Crippen LogP contribution in [0.2, 0.25) is 0 Å². The second kappa shape index (κ2) is 15.7. The highest BCUT2D eigenvalue weighted by Gasteiger charge is 2.36. The smallest absolute Gasteiger partial charge is 0.264 e. The lowest BCUT2D eigenvalue weighted by Crippen LogP contribution is -2.52. The van der Waals surface area contributed by atoms with Crippen molar-refractivity contribution >= 4 is 34.2 Å². The maximum atomic E-state index is 15.3. The number of anilines is 2. The van der Waals surface area contributed by atoms with Crippen molar-refractivity contribution in [1.29, 1.82) is 0 Å². The van der Waals surface area contributed by atoms with Gasteiger partial charge in [-0.3, -0.25) is 19.4 Å². The van der Waals surface area contributed by atoms with E-state index in [9.17, 15) is 5.11 Å². The molecule has 1 saturated heterocycles. The number of rotatable bonds is 10. The number of ether oxygens (including phenoxy) is 4. The molecule has 9 rings (SSSR count). The SMILES string of the molecule is COCCn1c(-c2cc3c(cc2C(=O)N2Cc4ccccc4C[C@H]2CN2CCOCC2)OCO3)cc(C(=O)N(c2ccc(O)cc2)c2cnc3[nH]ccc3c2C)c1C. The maximum absolute atomic E-state index is 15.3. The van der Waals surface area contributed by atoms with Crippen molar-refractivity contribution in [3.63, 3.8) is 0 Å². The number of phenolic OH excluding ortho intramolecular Hbond substituents is 1. The summed E-state index contributed by atoms with van der Waals surface area (Å²) in [7, 11) is 1.64. The van der Waals surface area contributed by atoms with E-state index in [2.05, 4.69) is 33.1 Å². The van der Waals surface area contributed by atoms with E-state index in [1.54, 1.807) is 48.5 Å². The molecule has 2 N–H and O–H groups in total. The van der Waals surface area contributed by atoms with Gasteiger partial charge in [0.15, 0.2) is 11.5 Å². The molecule has 0 saturated carbocycles. The molecule has 1 atom stereocenters. The summed E-state index contributed by atoms with van der Waals surface area (Å²) in [5.74, 6) is 0.683. The average Bonchev–Trinajstić information content (AvgIpc) is 4.00. The van der Waals surface area contributed by atoms with Gasteiger partial charge in [0.2, 0.25) is 6.79 Å². The summed E-state index contributed by atoms with van der Waals surface area (Å²) in [6.45, 7) is 8.85. The number of fused-ring (bicyclic) bond motifs is 3. The van der Waals surface area contributed by atoms with Crippen LogP contribution in [0.3, 0.4) is 0 Å². The van der Waals surface area contributed by atoms with Gasteiger partial charge in [0, 0.05) is 74.4 Å². The first-order valence-electron chi connectivity index (χ1n) is 19.7. The number of aromatic amines is 1. The first kappa shape index (κ1) is 37.4. The molecule has 3 aromatic heterocycles. The van der Waals surface area contributed by atoms with Crippen LogP contribution in [0.15, 0.2) is 85.2 Å². The lowest BCUT2D eigenvalue weighted by atomic mass is 9.92. The number of phenols is 1. The topological polar surface area (TPSA) is 135 Å². The Morgan fingerprint density at radius 2 is 1.72 bits per heavy atom. The predicted molar refractivity (Wildman–Crippen MR) is 219 cm³/mol. The van der Waals surface area contributed by atoms with Crippen LogP contribution < -0.4 is 14.4 Å². The molecule has 6 heterocycles. The first-order valence-corrected chi connectivity index (χ1v) is 19.7. The summed E-state index contributed by atoms with van der Waals surface area (Å²) in [5.41, 5.74) is 8.00. The number of aryl methyl sites for hydroxylation is 1. The molecular weight excluding hydrogens is 737 g/mol. The van der Waals surface area contributed by atoms with Crippen molar-refractivity contribution in [2.45, 2.75) is 39.4 Å². The Kier molecular flexibility index (Phi) is 10.1. The van der Waals surface area contributed by atoms with Gasteiger partial charge in [-0.2, -0.15) is 0 Å². The van der Waals surface area contributed by atoms with Crippen molar-refractivity contribution in [2.75, 3.05) is 58.3 Å². The quantitative estimate of drug-likeness (QED) is 0.158. The highest BCUT2D eigenvalue weighted by atomic mass is 16.7. The number of hydrogen-bond acceptors (Lipinski definition) is 9. The number of hydrogen-bond donors (Lipinski definition) is 2. The van der Waals surface area contributed by atoms with Crippen LogP contribution in [0.25, 0.3) is 22.3 Å². The molecule has 298 valence electrons. The van der Waals surface area contributed by atoms with E-state index in [0.717, 1.165) is 42.6 Å². The number of methoxy groups -OCH3 is 1. The zero-order valence-corrected chi connectivity index (χ0v) is 32.9. The van der Waals surface area contributed by atoms with Crippen LogP contribution in [0.4, 0.5) is 11.4 Å². The number of H-pyrrole nitrogens is 1. The monoisotopic (exact) mass is 782 g/mol. The lowest BCUT2D eigenvalue weighted by molar-refractivity contribution is 0.0193. The zero-order chi connectivity index (χ0) is 39.9. The molecule has 3 aliphatic rings. The van der Waals surface area contributed by atoms with Crippen LogP contribution in [-0.2, 0) is 29.0 Å². The highest BCUT2D eigenvalue weighted by molar-refractivity contribution is 6.13. The minimum Gasteiger partial charge on any atom is -0.508 e. The molecule has 58 heavy (non-hydrogen) atoms. The number of pyridine rings is 1. The number of carbonyl (C=O) groups is 2. The molecule has 6 aromatic rings. The van der Waals surface area contributed by atoms with Gasteiger partial charge < -0.3 is 38.5 Å². The maximum Gasteiger partial charge on any atom is 0.264 e. The molecule has 13 nitrogen and oxygen atoms in total. The summed E-state index contributed by atoms with van der Waals surface area (Å²) in [4.78, 5) is 44.3. The summed E-state index contributed by atoms with van der Waals surface area (Å²) < 4.78 is 25.1. The second-order valence-electron chi connectivity index (χ2n) is 15.1. The third-order valence-corrected chi connectivity index (χ3v) is 11.7. The van der Waals surface area contributed by atoms with Crippen molar-refractivity contribution < 1.29 is 33.6 Å². The fourth-order valence-corrected chi connectivity index (χ4v) is 8.55. The minimum atomic E-state index is -0.299. The Morgan fingerprint density at radius 3 is 2.50 bits per heavy atom. The van der Waals surface area contributed by atoms with Gasteiger partial charge in [0.25, 0.3) is 11.8 Å². The Morgan fingerprint density at radius 1 is 0.966 bits per heavy atom. The van der Waals surface area contributed by atoms with Crippen LogP contribution in [0.5, 0.6) is 17.2 Å². The molecular formula is C45H46N6O7. The number of benzene rings is 3. The van der Waals surface area contributed by atoms with E-state index in [0.29, 0.717) is 89.5 Å². The van der Waals surface area contributed by atoms with Crippen molar-refractivity contribution in [3.8, 4) is 28.5 Å². The summed E-state index contributed by atoms with van der Waals surface area (Å²) in [6.07, 6.45) is 4.25. The van der Waals surface area contributed by atoms with Gasteiger partial charge in [0.05, 0.1) is 48.5 Å². The van der Waals surface area contributed by atoms with E-state index in [1.807, 2.05) is 53.8 Å². The number of aromatic nitrogens is 3. The van der Waals surface area contributed by atoms with Gasteiger partial charge in [-0.25, -0.2) is 4.98 Å². The molecule has 0 radical (unpaired) electrons. The molecule has 3 aliphatic heterocycles. The van der Waals surface area contributed by atoms with E-state index in [1.165, 1.54) is 5.56 Å². The van der Waals surface area contributed by atoms with E-state index in [4.69, 9.17) is 18.9 Å². The Bertz CT molecular complexity index is 2500. The minimum absolute atomic E-state index is 0.0388. The van der Waals surface area contributed by atoms with Gasteiger partial charge in [-0.05, 0) is 85.5 Å². The Labute approximate surface area is 336 Å². The van der Waals surface area contributed by atoms with Crippen LogP contribution in [0.1, 0.15) is 43.1 Å². The summed E-state index contributed by atoms with van der Waals surface area (Å²) in [5, 5.41) is 11.1. The molecule has 0 bridgehead atoms. The standard InChI is InChI=1S/C45H46N6O7/c1-28-35-12-13-46-43(35)47-24-40(28)51(32-8-10-34(52)11-9-32)45(54)36-21-39(49(29(36)2)16-17-55-3)37-22-41-42(58-27-57-41)23-38(37)44(53)50-25-31-7-5-4-6-30(31)20-33(50)26-48-14-18-56-19-15-48/h4-13,21-24,33,52H,14-20,25-27H2,1-3H3,(H,46,47)/t33-/m0/s1. The third kappa shape index (κ3) is 6.84. The zero-order valence-electron chi connectivity index (χ0n) is 32.9. The normalized spacial score (nSPS) is 16.5. The molecule has 0 unspecified atom stereocenters. The van der Waals surface area contributed by atoms with E-state index < -0.39 is 0 Å². The number of aromatic hydroxyl groups is 1. The second-order valence-corrected chi connectivity index (χ2v) is 15.1. The summed E-state index contributed by atoms with van der Waals surface area (Å²) >= 11 is 0. The van der Waals surface area contributed by atoms with Gasteiger partial charge in [-0.15, -0.1) is 0 Å². The van der Waals surface area contributed by atoms with Gasteiger partial charge in [-0.1, -0.05) is 24.3 Å². The highest BCUT2D eigenvalue weighted by Crippen LogP contribution is 2.42. The predicted octanol–water partition coefficient (Wildman–Crippen LogP) is 6.61. The number of carbonyl (C=O) groups excluding carboxylic acids is 2. The average molecular weight is 783 g/mol.